The summed E-state index contributed by atoms with van der Waals surface area (Å²) in [5.41, 5.74) is 5.04. The molecule has 0 spiro atoms. The van der Waals surface area contributed by atoms with Crippen LogP contribution in [0.15, 0.2) is 89.2 Å². The summed E-state index contributed by atoms with van der Waals surface area (Å²) < 4.78 is 7.56. The van der Waals surface area contributed by atoms with Crippen LogP contribution in [0.25, 0.3) is 0 Å². The van der Waals surface area contributed by atoms with Crippen LogP contribution in [0.3, 0.4) is 0 Å². The molecule has 0 aliphatic carbocycles. The predicted octanol–water partition coefficient (Wildman–Crippen LogP) is 7.85. The molecule has 41 heavy (non-hydrogen) atoms. The van der Waals surface area contributed by atoms with Gasteiger partial charge in [-0.3, -0.25) is 4.79 Å². The van der Waals surface area contributed by atoms with Crippen molar-refractivity contribution in [3.8, 4) is 5.75 Å². The van der Waals surface area contributed by atoms with Gasteiger partial charge in [-0.15, -0.1) is 5.10 Å². The Kier molecular flexibility index (Phi) is 8.42. The van der Waals surface area contributed by atoms with Gasteiger partial charge in [0.1, 0.15) is 11.8 Å². The first-order valence-electron chi connectivity index (χ1n) is 13.6. The highest BCUT2D eigenvalue weighted by Crippen LogP contribution is 2.38. The number of benzene rings is 3. The minimum absolute atomic E-state index is 0.00252. The lowest BCUT2D eigenvalue weighted by molar-refractivity contribution is -0.113. The Hall–Kier alpha value is -3.75. The highest BCUT2D eigenvalue weighted by Gasteiger charge is 2.35. The smallest absolute Gasteiger partial charge is 0.255 e. The van der Waals surface area contributed by atoms with Gasteiger partial charge in [0, 0.05) is 16.5 Å². The maximum absolute atomic E-state index is 14.0. The average Bonchev–Trinajstić information content (AvgIpc) is 3.35. The quantitative estimate of drug-likeness (QED) is 0.204. The number of hydrogen-bond acceptors (Lipinski definition) is 6. The van der Waals surface area contributed by atoms with E-state index in [0.717, 1.165) is 11.1 Å². The second-order valence-electron chi connectivity index (χ2n) is 10.9. The van der Waals surface area contributed by atoms with Gasteiger partial charge in [0.15, 0.2) is 0 Å². The standard InChI is InChI=1S/C32H34ClN5O2S/c1-6-40-26-14-10-9-13-25(26)35-29(39)27-20(2)34-30-36-31(41-19-22-11-7-8-12-24(22)33)37-38(30)28(27)21-15-17-23(18-16-21)32(3,4)5/h7-18,28H,6,19H2,1-5H3,(H,35,39)(H,34,36,37). The number of aromatic nitrogens is 3. The molecule has 1 aliphatic heterocycles. The second kappa shape index (κ2) is 12.0. The number of rotatable bonds is 8. The lowest BCUT2D eigenvalue weighted by Gasteiger charge is -2.29. The molecule has 0 saturated carbocycles. The molecule has 9 heteroatoms. The number of hydrogen-bond donors (Lipinski definition) is 2. The van der Waals surface area contributed by atoms with Crippen LogP contribution in [0.2, 0.25) is 5.02 Å². The first-order chi connectivity index (χ1) is 19.7. The normalized spacial score (nSPS) is 14.8. The lowest BCUT2D eigenvalue weighted by atomic mass is 9.85. The molecular weight excluding hydrogens is 554 g/mol. The van der Waals surface area contributed by atoms with Crippen molar-refractivity contribution < 1.29 is 9.53 Å². The van der Waals surface area contributed by atoms with E-state index in [2.05, 4.69) is 55.7 Å². The van der Waals surface area contributed by atoms with Crippen LogP contribution in [0.5, 0.6) is 5.75 Å². The number of nitrogens with zero attached hydrogens (tertiary/aromatic N) is 3. The van der Waals surface area contributed by atoms with Gasteiger partial charge in [-0.1, -0.05) is 98.7 Å². The van der Waals surface area contributed by atoms with Crippen molar-refractivity contribution >= 4 is 40.9 Å². The number of para-hydroxylation sites is 2. The molecule has 0 radical (unpaired) electrons. The molecule has 5 rings (SSSR count). The molecular formula is C32H34ClN5O2S. The fourth-order valence-corrected chi connectivity index (χ4v) is 5.87. The molecule has 7 nitrogen and oxygen atoms in total. The first-order valence-corrected chi connectivity index (χ1v) is 15.0. The number of nitrogens with one attached hydrogen (secondary N) is 2. The van der Waals surface area contributed by atoms with E-state index in [1.54, 1.807) is 4.68 Å². The predicted molar refractivity (Wildman–Crippen MR) is 167 cm³/mol. The van der Waals surface area contributed by atoms with Crippen molar-refractivity contribution in [3.05, 3.63) is 106 Å². The molecule has 212 valence electrons. The molecule has 0 saturated heterocycles. The SMILES string of the molecule is CCOc1ccccc1NC(=O)C1=C(C)Nc2nc(SCc3ccccc3Cl)nn2C1c1ccc(C(C)(C)C)cc1. The van der Waals surface area contributed by atoms with E-state index in [-0.39, 0.29) is 11.3 Å². The molecule has 3 aromatic carbocycles. The number of carbonyl (C=O) groups is 1. The maximum Gasteiger partial charge on any atom is 0.255 e. The Morgan fingerprint density at radius 3 is 2.49 bits per heavy atom. The number of carbonyl (C=O) groups excluding carboxylic acids is 1. The summed E-state index contributed by atoms with van der Waals surface area (Å²) in [6, 6.07) is 23.1. The summed E-state index contributed by atoms with van der Waals surface area (Å²) in [6.45, 7) is 10.9. The van der Waals surface area contributed by atoms with E-state index in [1.165, 1.54) is 17.3 Å². The zero-order chi connectivity index (χ0) is 29.1. The third-order valence-corrected chi connectivity index (χ3v) is 8.18. The fourth-order valence-electron chi connectivity index (χ4n) is 4.76. The summed E-state index contributed by atoms with van der Waals surface area (Å²) in [5, 5.41) is 12.6. The lowest BCUT2D eigenvalue weighted by Crippen LogP contribution is -2.31. The van der Waals surface area contributed by atoms with Gasteiger partial charge in [-0.05, 0) is 54.2 Å². The van der Waals surface area contributed by atoms with Crippen molar-refractivity contribution in [2.45, 2.75) is 57.0 Å². The molecule has 0 fully saturated rings. The molecule has 1 aromatic heterocycles. The summed E-state index contributed by atoms with van der Waals surface area (Å²) in [4.78, 5) is 18.7. The topological polar surface area (TPSA) is 81.1 Å². The number of anilines is 2. The fraction of sp³-hybridized carbons (Fsp3) is 0.281. The van der Waals surface area contributed by atoms with Gasteiger partial charge >= 0.3 is 0 Å². The zero-order valence-electron chi connectivity index (χ0n) is 23.9. The van der Waals surface area contributed by atoms with E-state index in [1.807, 2.05) is 62.4 Å². The number of thioether (sulfide) groups is 1. The number of amides is 1. The Labute approximate surface area is 250 Å². The Bertz CT molecular complexity index is 1590. The van der Waals surface area contributed by atoms with Gasteiger partial charge in [0.05, 0.1) is 17.9 Å². The van der Waals surface area contributed by atoms with Crippen molar-refractivity contribution in [2.24, 2.45) is 0 Å². The second-order valence-corrected chi connectivity index (χ2v) is 12.2. The van der Waals surface area contributed by atoms with Crippen LogP contribution in [0.4, 0.5) is 11.6 Å². The van der Waals surface area contributed by atoms with Crippen LogP contribution in [0, 0.1) is 0 Å². The van der Waals surface area contributed by atoms with Gasteiger partial charge in [-0.2, -0.15) is 4.98 Å². The van der Waals surface area contributed by atoms with Gasteiger partial charge < -0.3 is 15.4 Å². The third kappa shape index (κ3) is 6.29. The van der Waals surface area contributed by atoms with Crippen LogP contribution in [-0.2, 0) is 16.0 Å². The van der Waals surface area contributed by atoms with Crippen LogP contribution < -0.4 is 15.4 Å². The van der Waals surface area contributed by atoms with Gasteiger partial charge in [-0.25, -0.2) is 4.68 Å². The van der Waals surface area contributed by atoms with E-state index >= 15 is 0 Å². The molecule has 2 heterocycles. The van der Waals surface area contributed by atoms with Gasteiger partial charge in [0.25, 0.3) is 5.91 Å². The third-order valence-electron chi connectivity index (χ3n) is 6.92. The number of ether oxygens (including phenoxy) is 1. The van der Waals surface area contributed by atoms with E-state index in [9.17, 15) is 4.79 Å². The van der Waals surface area contributed by atoms with E-state index in [0.29, 0.717) is 51.2 Å². The van der Waals surface area contributed by atoms with Crippen molar-refractivity contribution in [1.82, 2.24) is 14.8 Å². The van der Waals surface area contributed by atoms with Crippen molar-refractivity contribution in [1.29, 1.82) is 0 Å². The molecule has 1 aliphatic rings. The average molecular weight is 588 g/mol. The summed E-state index contributed by atoms with van der Waals surface area (Å²) in [5.74, 6) is 1.59. The van der Waals surface area contributed by atoms with Crippen molar-refractivity contribution in [2.75, 3.05) is 17.2 Å². The highest BCUT2D eigenvalue weighted by atomic mass is 35.5. The summed E-state index contributed by atoms with van der Waals surface area (Å²) in [7, 11) is 0. The highest BCUT2D eigenvalue weighted by molar-refractivity contribution is 7.98. The van der Waals surface area contributed by atoms with Crippen molar-refractivity contribution in [3.63, 3.8) is 0 Å². The minimum Gasteiger partial charge on any atom is -0.492 e. The number of allylic oxidation sites excluding steroid dienone is 1. The van der Waals surface area contributed by atoms with Crippen LogP contribution in [0.1, 0.15) is 57.4 Å². The number of fused-ring (bicyclic) bond motifs is 1. The largest absolute Gasteiger partial charge is 0.492 e. The Morgan fingerprint density at radius 1 is 1.07 bits per heavy atom. The monoisotopic (exact) mass is 587 g/mol. The van der Waals surface area contributed by atoms with Gasteiger partial charge in [0.2, 0.25) is 11.1 Å². The Balaban J connectivity index is 1.52. The number of halogens is 1. The maximum atomic E-state index is 14.0. The summed E-state index contributed by atoms with van der Waals surface area (Å²) >= 11 is 7.88. The van der Waals surface area contributed by atoms with E-state index in [4.69, 9.17) is 26.4 Å². The molecule has 1 unspecified atom stereocenters. The van der Waals surface area contributed by atoms with Crippen LogP contribution >= 0.6 is 23.4 Å². The molecule has 1 atom stereocenters. The Morgan fingerprint density at radius 2 is 1.78 bits per heavy atom. The van der Waals surface area contributed by atoms with E-state index < -0.39 is 6.04 Å². The molecule has 2 N–H and O–H groups in total. The molecule has 0 bridgehead atoms. The summed E-state index contributed by atoms with van der Waals surface area (Å²) in [6.07, 6.45) is 0. The molecule has 4 aromatic rings. The molecule has 1 amide bonds. The first kappa shape index (κ1) is 28.8. The minimum atomic E-state index is -0.485. The zero-order valence-corrected chi connectivity index (χ0v) is 25.4. The van der Waals surface area contributed by atoms with Crippen LogP contribution in [-0.4, -0.2) is 27.3 Å².